The SMILES string of the molecule is Cc1noc(C2CCCN2C(=O)Cc2c(C)nn(-c3ccccc3)c2C)n1. The zero-order valence-corrected chi connectivity index (χ0v) is 15.8. The van der Waals surface area contributed by atoms with Gasteiger partial charge >= 0.3 is 0 Å². The summed E-state index contributed by atoms with van der Waals surface area (Å²) in [7, 11) is 0. The van der Waals surface area contributed by atoms with Gasteiger partial charge in [-0.15, -0.1) is 0 Å². The number of carbonyl (C=O) groups is 1. The van der Waals surface area contributed by atoms with Crippen LogP contribution in [0.5, 0.6) is 0 Å². The molecule has 1 unspecified atom stereocenters. The molecule has 1 aliphatic rings. The van der Waals surface area contributed by atoms with Gasteiger partial charge in [-0.1, -0.05) is 23.4 Å². The molecule has 1 aromatic carbocycles. The lowest BCUT2D eigenvalue weighted by atomic mass is 10.1. The number of likely N-dealkylation sites (tertiary alicyclic amines) is 1. The maximum atomic E-state index is 13.1. The number of hydrogen-bond acceptors (Lipinski definition) is 5. The second kappa shape index (κ2) is 6.98. The summed E-state index contributed by atoms with van der Waals surface area (Å²) in [5.74, 6) is 1.21. The number of aryl methyl sites for hydroxylation is 2. The predicted molar refractivity (Wildman–Crippen MR) is 99.5 cm³/mol. The Kier molecular flexibility index (Phi) is 4.51. The molecular weight excluding hydrogens is 342 g/mol. The number of nitrogens with zero attached hydrogens (tertiary/aromatic N) is 5. The number of aromatic nitrogens is 4. The van der Waals surface area contributed by atoms with E-state index in [0.29, 0.717) is 18.1 Å². The predicted octanol–water partition coefficient (Wildman–Crippen LogP) is 3.09. The van der Waals surface area contributed by atoms with Crippen molar-refractivity contribution in [3.63, 3.8) is 0 Å². The van der Waals surface area contributed by atoms with Gasteiger partial charge in [0.05, 0.1) is 17.8 Å². The van der Waals surface area contributed by atoms with Crippen LogP contribution in [0, 0.1) is 20.8 Å². The Labute approximate surface area is 158 Å². The highest BCUT2D eigenvalue weighted by Crippen LogP contribution is 2.32. The highest BCUT2D eigenvalue weighted by atomic mass is 16.5. The minimum Gasteiger partial charge on any atom is -0.337 e. The van der Waals surface area contributed by atoms with E-state index in [4.69, 9.17) is 4.52 Å². The number of amides is 1. The largest absolute Gasteiger partial charge is 0.337 e. The Morgan fingerprint density at radius 3 is 2.70 bits per heavy atom. The molecule has 1 amide bonds. The number of benzene rings is 1. The van der Waals surface area contributed by atoms with Crippen LogP contribution in [0.2, 0.25) is 0 Å². The Balaban J connectivity index is 1.57. The fourth-order valence-electron chi connectivity index (χ4n) is 3.77. The van der Waals surface area contributed by atoms with Crippen LogP contribution < -0.4 is 0 Å². The minimum absolute atomic E-state index is 0.0761. The highest BCUT2D eigenvalue weighted by Gasteiger charge is 2.34. The molecule has 140 valence electrons. The van der Waals surface area contributed by atoms with E-state index in [9.17, 15) is 4.79 Å². The molecule has 0 spiro atoms. The number of hydrogen-bond donors (Lipinski definition) is 0. The van der Waals surface area contributed by atoms with E-state index in [1.807, 2.05) is 53.8 Å². The third kappa shape index (κ3) is 3.25. The number of rotatable bonds is 4. The summed E-state index contributed by atoms with van der Waals surface area (Å²) in [4.78, 5) is 19.2. The van der Waals surface area contributed by atoms with Gasteiger partial charge < -0.3 is 9.42 Å². The van der Waals surface area contributed by atoms with Crippen molar-refractivity contribution in [2.45, 2.75) is 46.1 Å². The highest BCUT2D eigenvalue weighted by molar-refractivity contribution is 5.80. The quantitative estimate of drug-likeness (QED) is 0.710. The van der Waals surface area contributed by atoms with Crippen LogP contribution in [0.25, 0.3) is 5.69 Å². The van der Waals surface area contributed by atoms with Crippen LogP contribution in [-0.2, 0) is 11.2 Å². The van der Waals surface area contributed by atoms with Crippen LogP contribution in [0.4, 0.5) is 0 Å². The van der Waals surface area contributed by atoms with Gasteiger partial charge in [-0.25, -0.2) is 4.68 Å². The molecule has 0 bridgehead atoms. The monoisotopic (exact) mass is 365 g/mol. The average molecular weight is 365 g/mol. The molecule has 1 atom stereocenters. The lowest BCUT2D eigenvalue weighted by Gasteiger charge is -2.22. The first-order valence-corrected chi connectivity index (χ1v) is 9.25. The minimum atomic E-state index is -0.122. The van der Waals surface area contributed by atoms with Crippen molar-refractivity contribution in [2.75, 3.05) is 6.54 Å². The molecule has 4 rings (SSSR count). The van der Waals surface area contributed by atoms with Gasteiger partial charge in [-0.05, 0) is 45.7 Å². The van der Waals surface area contributed by atoms with Gasteiger partial charge in [0.25, 0.3) is 0 Å². The zero-order chi connectivity index (χ0) is 19.0. The maximum absolute atomic E-state index is 13.1. The fraction of sp³-hybridized carbons (Fsp3) is 0.400. The lowest BCUT2D eigenvalue weighted by molar-refractivity contribution is -0.131. The van der Waals surface area contributed by atoms with Crippen molar-refractivity contribution in [1.29, 1.82) is 0 Å². The lowest BCUT2D eigenvalue weighted by Crippen LogP contribution is -2.32. The van der Waals surface area contributed by atoms with E-state index in [1.165, 1.54) is 0 Å². The van der Waals surface area contributed by atoms with E-state index in [1.54, 1.807) is 6.92 Å². The summed E-state index contributed by atoms with van der Waals surface area (Å²) in [6.07, 6.45) is 2.13. The van der Waals surface area contributed by atoms with E-state index < -0.39 is 0 Å². The first-order chi connectivity index (χ1) is 13.0. The van der Waals surface area contributed by atoms with Gasteiger partial charge in [0.2, 0.25) is 11.8 Å². The summed E-state index contributed by atoms with van der Waals surface area (Å²) in [5.41, 5.74) is 3.86. The second-order valence-electron chi connectivity index (χ2n) is 7.00. The molecule has 3 heterocycles. The number of para-hydroxylation sites is 1. The fourth-order valence-corrected chi connectivity index (χ4v) is 3.77. The molecule has 3 aromatic rings. The molecule has 7 nitrogen and oxygen atoms in total. The molecule has 0 radical (unpaired) electrons. The third-order valence-electron chi connectivity index (χ3n) is 5.17. The molecule has 0 N–H and O–H groups in total. The summed E-state index contributed by atoms with van der Waals surface area (Å²) in [5, 5.41) is 8.51. The third-order valence-corrected chi connectivity index (χ3v) is 5.17. The molecule has 1 saturated heterocycles. The van der Waals surface area contributed by atoms with Crippen molar-refractivity contribution in [3.8, 4) is 5.69 Å². The van der Waals surface area contributed by atoms with Crippen molar-refractivity contribution < 1.29 is 9.32 Å². The first kappa shape index (κ1) is 17.5. The Bertz CT molecular complexity index is 960. The van der Waals surface area contributed by atoms with Crippen LogP contribution in [-0.4, -0.2) is 37.3 Å². The molecule has 2 aromatic heterocycles. The molecule has 7 heteroatoms. The Morgan fingerprint density at radius 2 is 2.00 bits per heavy atom. The number of carbonyl (C=O) groups excluding carboxylic acids is 1. The van der Waals surface area contributed by atoms with Crippen LogP contribution in [0.15, 0.2) is 34.9 Å². The second-order valence-corrected chi connectivity index (χ2v) is 7.00. The Hall–Kier alpha value is -2.96. The van der Waals surface area contributed by atoms with Crippen LogP contribution >= 0.6 is 0 Å². The van der Waals surface area contributed by atoms with E-state index in [0.717, 1.165) is 42.0 Å². The Morgan fingerprint density at radius 1 is 1.22 bits per heavy atom. The van der Waals surface area contributed by atoms with Crippen LogP contribution in [0.1, 0.15) is 47.5 Å². The van der Waals surface area contributed by atoms with Gasteiger partial charge in [0, 0.05) is 17.8 Å². The van der Waals surface area contributed by atoms with E-state index in [2.05, 4.69) is 15.2 Å². The summed E-state index contributed by atoms with van der Waals surface area (Å²) in [6.45, 7) is 6.48. The van der Waals surface area contributed by atoms with Gasteiger partial charge in [0.1, 0.15) is 6.04 Å². The normalized spacial score (nSPS) is 16.9. The van der Waals surface area contributed by atoms with Crippen molar-refractivity contribution in [3.05, 3.63) is 59.0 Å². The topological polar surface area (TPSA) is 77.0 Å². The first-order valence-electron chi connectivity index (χ1n) is 9.25. The standard InChI is InChI=1S/C20H23N5O2/c1-13-17(14(2)25(22-13)16-8-5-4-6-9-16)12-19(26)24-11-7-10-18(24)20-21-15(3)23-27-20/h4-6,8-9,18H,7,10-12H2,1-3H3. The molecular formula is C20H23N5O2. The summed E-state index contributed by atoms with van der Waals surface area (Å²) in [6, 6.07) is 9.85. The summed E-state index contributed by atoms with van der Waals surface area (Å²) >= 11 is 0. The molecule has 1 fully saturated rings. The smallest absolute Gasteiger partial charge is 0.249 e. The summed E-state index contributed by atoms with van der Waals surface area (Å²) < 4.78 is 7.22. The van der Waals surface area contributed by atoms with Crippen molar-refractivity contribution >= 4 is 5.91 Å². The van der Waals surface area contributed by atoms with Crippen LogP contribution in [0.3, 0.4) is 0 Å². The van der Waals surface area contributed by atoms with Gasteiger partial charge in [0.15, 0.2) is 5.82 Å². The van der Waals surface area contributed by atoms with Crippen molar-refractivity contribution in [2.24, 2.45) is 0 Å². The van der Waals surface area contributed by atoms with Gasteiger partial charge in [-0.2, -0.15) is 10.1 Å². The molecule has 27 heavy (non-hydrogen) atoms. The molecule has 1 aliphatic heterocycles. The van der Waals surface area contributed by atoms with E-state index in [-0.39, 0.29) is 11.9 Å². The van der Waals surface area contributed by atoms with Gasteiger partial charge in [-0.3, -0.25) is 4.79 Å². The maximum Gasteiger partial charge on any atom is 0.249 e. The zero-order valence-electron chi connectivity index (χ0n) is 15.8. The molecule has 0 aliphatic carbocycles. The molecule has 0 saturated carbocycles. The average Bonchev–Trinajstić information content (AvgIpc) is 3.37. The van der Waals surface area contributed by atoms with Crippen molar-refractivity contribution in [1.82, 2.24) is 24.8 Å². The van der Waals surface area contributed by atoms with E-state index >= 15 is 0 Å².